The van der Waals surface area contributed by atoms with Crippen LogP contribution in [-0.4, -0.2) is 25.4 Å². The molecule has 1 aliphatic rings. The lowest BCUT2D eigenvalue weighted by atomic mass is 9.82. The number of Topliss-reactive ketones (excluding diaryl/α,β-unsaturated/α-hetero) is 1. The number of nitrogens with zero attached hydrogens (tertiary/aromatic N) is 4. The topological polar surface area (TPSA) is 60.2 Å². The van der Waals surface area contributed by atoms with Crippen molar-refractivity contribution in [3.63, 3.8) is 0 Å². The highest BCUT2D eigenvalue weighted by Crippen LogP contribution is 2.32. The fourth-order valence-corrected chi connectivity index (χ4v) is 3.08. The van der Waals surface area contributed by atoms with Crippen LogP contribution in [0.1, 0.15) is 45.3 Å². The molecule has 0 saturated heterocycles. The normalized spacial score (nSPS) is 17.8. The summed E-state index contributed by atoms with van der Waals surface area (Å²) < 4.78 is 39.2. The molecule has 25 heavy (non-hydrogen) atoms. The van der Waals surface area contributed by atoms with Crippen molar-refractivity contribution in [3.8, 4) is 0 Å². The second-order valence-corrected chi connectivity index (χ2v) is 6.22. The molecule has 0 spiro atoms. The molecule has 0 amide bonds. The molecule has 0 radical (unpaired) electrons. The van der Waals surface area contributed by atoms with Gasteiger partial charge >= 0.3 is 6.18 Å². The summed E-state index contributed by atoms with van der Waals surface area (Å²) in [5.74, 6) is -1.60. The van der Waals surface area contributed by atoms with Gasteiger partial charge in [0.2, 0.25) is 0 Å². The largest absolute Gasteiger partial charge is 0.453 e. The van der Waals surface area contributed by atoms with Crippen molar-refractivity contribution < 1.29 is 18.0 Å². The van der Waals surface area contributed by atoms with E-state index < -0.39 is 12.0 Å². The fraction of sp³-hybridized carbons (Fsp3) is 0.294. The summed E-state index contributed by atoms with van der Waals surface area (Å²) in [4.78, 5) is 20.1. The molecule has 0 fully saturated rings. The number of halogens is 3. The zero-order valence-corrected chi connectivity index (χ0v) is 13.2. The number of alkyl halides is 3. The molecule has 4 rings (SSSR count). The van der Waals surface area contributed by atoms with Crippen LogP contribution in [0.5, 0.6) is 0 Å². The second kappa shape index (κ2) is 5.37. The van der Waals surface area contributed by atoms with Crippen LogP contribution in [0.25, 0.3) is 5.78 Å². The molecule has 8 heteroatoms. The standard InChI is InChI=1S/C17H13F3N4O/c1-9-2-4-10(5-3-9)11-6-13-12(14(25)7-11)8-24-16(21-13)22-15(23-24)17(18,19)20/h2-5,8,11H,6-7H2,1H3. The van der Waals surface area contributed by atoms with Crippen molar-refractivity contribution in [3.05, 3.63) is 58.7 Å². The van der Waals surface area contributed by atoms with E-state index >= 15 is 0 Å². The van der Waals surface area contributed by atoms with Gasteiger partial charge in [-0.2, -0.15) is 18.2 Å². The highest BCUT2D eigenvalue weighted by atomic mass is 19.4. The molecular weight excluding hydrogens is 333 g/mol. The van der Waals surface area contributed by atoms with E-state index in [1.54, 1.807) is 0 Å². The number of hydrogen-bond donors (Lipinski definition) is 0. The summed E-state index contributed by atoms with van der Waals surface area (Å²) in [5, 5.41) is 3.38. The number of ketones is 1. The summed E-state index contributed by atoms with van der Waals surface area (Å²) >= 11 is 0. The lowest BCUT2D eigenvalue weighted by molar-refractivity contribution is -0.144. The molecule has 1 aliphatic carbocycles. The Morgan fingerprint density at radius 1 is 1.12 bits per heavy atom. The predicted octanol–water partition coefficient (Wildman–Crippen LogP) is 3.36. The number of benzene rings is 1. The number of rotatable bonds is 1. The molecule has 0 N–H and O–H groups in total. The smallest absolute Gasteiger partial charge is 0.294 e. The molecule has 1 atom stereocenters. The van der Waals surface area contributed by atoms with Crippen molar-refractivity contribution in [2.45, 2.75) is 31.9 Å². The molecule has 0 saturated carbocycles. The van der Waals surface area contributed by atoms with Crippen LogP contribution in [0.15, 0.2) is 30.5 Å². The maximum absolute atomic E-state index is 12.8. The Kier molecular flexibility index (Phi) is 3.38. The lowest BCUT2D eigenvalue weighted by Gasteiger charge is -2.23. The fourth-order valence-electron chi connectivity index (χ4n) is 3.08. The van der Waals surface area contributed by atoms with Gasteiger partial charge in [-0.05, 0) is 24.8 Å². The van der Waals surface area contributed by atoms with Gasteiger partial charge in [-0.1, -0.05) is 29.8 Å². The van der Waals surface area contributed by atoms with E-state index in [4.69, 9.17) is 0 Å². The van der Waals surface area contributed by atoms with Crippen molar-refractivity contribution in [2.75, 3.05) is 0 Å². The molecule has 1 aromatic carbocycles. The monoisotopic (exact) mass is 346 g/mol. The Hall–Kier alpha value is -2.77. The van der Waals surface area contributed by atoms with Crippen molar-refractivity contribution >= 4 is 11.6 Å². The third-order valence-corrected chi connectivity index (χ3v) is 4.38. The van der Waals surface area contributed by atoms with Crippen molar-refractivity contribution in [1.82, 2.24) is 19.6 Å². The number of aromatic nitrogens is 4. The van der Waals surface area contributed by atoms with Crippen LogP contribution >= 0.6 is 0 Å². The Morgan fingerprint density at radius 3 is 2.52 bits per heavy atom. The summed E-state index contributed by atoms with van der Waals surface area (Å²) in [5.41, 5.74) is 2.92. The molecule has 3 aromatic rings. The van der Waals surface area contributed by atoms with Crippen molar-refractivity contribution in [1.29, 1.82) is 0 Å². The average molecular weight is 346 g/mol. The number of aryl methyl sites for hydroxylation is 1. The van der Waals surface area contributed by atoms with Gasteiger partial charge in [0.05, 0.1) is 11.3 Å². The first-order chi connectivity index (χ1) is 11.8. The number of carbonyl (C=O) groups excluding carboxylic acids is 1. The first kappa shape index (κ1) is 15.7. The number of hydrogen-bond acceptors (Lipinski definition) is 4. The van der Waals surface area contributed by atoms with Crippen LogP contribution in [-0.2, 0) is 12.6 Å². The van der Waals surface area contributed by atoms with E-state index in [0.29, 0.717) is 24.1 Å². The predicted molar refractivity (Wildman–Crippen MR) is 82.4 cm³/mol. The molecular formula is C17H13F3N4O. The van der Waals surface area contributed by atoms with Crippen molar-refractivity contribution in [2.24, 2.45) is 0 Å². The molecule has 1 unspecified atom stereocenters. The molecule has 128 valence electrons. The zero-order valence-electron chi connectivity index (χ0n) is 13.2. The zero-order chi connectivity index (χ0) is 17.8. The number of fused-ring (bicyclic) bond motifs is 2. The highest BCUT2D eigenvalue weighted by molar-refractivity contribution is 5.98. The first-order valence-electron chi connectivity index (χ1n) is 7.74. The third-order valence-electron chi connectivity index (χ3n) is 4.38. The Balaban J connectivity index is 1.75. The quantitative estimate of drug-likeness (QED) is 0.678. The van der Waals surface area contributed by atoms with Crippen LogP contribution in [0.2, 0.25) is 0 Å². The minimum atomic E-state index is -4.65. The van der Waals surface area contributed by atoms with Crippen LogP contribution < -0.4 is 0 Å². The van der Waals surface area contributed by atoms with Crippen LogP contribution in [0.3, 0.4) is 0 Å². The molecule has 0 aliphatic heterocycles. The van der Waals surface area contributed by atoms with Gasteiger partial charge in [-0.3, -0.25) is 4.79 Å². The maximum Gasteiger partial charge on any atom is 0.453 e. The lowest BCUT2D eigenvalue weighted by Crippen LogP contribution is -2.21. The summed E-state index contributed by atoms with van der Waals surface area (Å²) in [7, 11) is 0. The number of carbonyl (C=O) groups is 1. The van der Waals surface area contributed by atoms with E-state index in [-0.39, 0.29) is 17.5 Å². The van der Waals surface area contributed by atoms with Gasteiger partial charge in [0.15, 0.2) is 5.78 Å². The molecule has 2 aromatic heterocycles. The van der Waals surface area contributed by atoms with Gasteiger partial charge in [-0.25, -0.2) is 9.50 Å². The highest BCUT2D eigenvalue weighted by Gasteiger charge is 2.37. The van der Waals surface area contributed by atoms with Gasteiger partial charge < -0.3 is 0 Å². The van der Waals surface area contributed by atoms with E-state index in [2.05, 4.69) is 15.1 Å². The summed E-state index contributed by atoms with van der Waals surface area (Å²) in [6.07, 6.45) is -2.57. The first-order valence-corrected chi connectivity index (χ1v) is 7.74. The van der Waals surface area contributed by atoms with E-state index in [9.17, 15) is 18.0 Å². The van der Waals surface area contributed by atoms with Crippen LogP contribution in [0, 0.1) is 6.92 Å². The average Bonchev–Trinajstić information content (AvgIpc) is 2.97. The summed E-state index contributed by atoms with van der Waals surface area (Å²) in [6, 6.07) is 7.88. The van der Waals surface area contributed by atoms with Gasteiger partial charge in [-0.15, -0.1) is 5.10 Å². The minimum Gasteiger partial charge on any atom is -0.294 e. The van der Waals surface area contributed by atoms with E-state index in [0.717, 1.165) is 15.6 Å². The molecule has 5 nitrogen and oxygen atoms in total. The maximum atomic E-state index is 12.8. The Bertz CT molecular complexity index is 976. The van der Waals surface area contributed by atoms with Gasteiger partial charge in [0.25, 0.3) is 11.6 Å². The Labute approximate surface area is 140 Å². The van der Waals surface area contributed by atoms with E-state index in [1.165, 1.54) is 6.20 Å². The molecule has 2 heterocycles. The van der Waals surface area contributed by atoms with Gasteiger partial charge in [0.1, 0.15) is 0 Å². The van der Waals surface area contributed by atoms with Crippen LogP contribution in [0.4, 0.5) is 13.2 Å². The Morgan fingerprint density at radius 2 is 1.84 bits per heavy atom. The van der Waals surface area contributed by atoms with Gasteiger partial charge in [0, 0.05) is 12.6 Å². The SMILES string of the molecule is Cc1ccc(C2CC(=O)c3cn4nc(C(F)(F)F)nc4nc3C2)cc1. The molecule has 0 bridgehead atoms. The van der Waals surface area contributed by atoms with E-state index in [1.807, 2.05) is 31.2 Å². The minimum absolute atomic E-state index is 0.0412. The summed E-state index contributed by atoms with van der Waals surface area (Å²) in [6.45, 7) is 1.98. The third kappa shape index (κ3) is 2.77. The second-order valence-electron chi connectivity index (χ2n) is 6.22.